The molecule has 10 nitrogen and oxygen atoms in total. The molecule has 0 aromatic heterocycles. The monoisotopic (exact) mass is 570 g/mol. The second-order valence-electron chi connectivity index (χ2n) is 11.5. The summed E-state index contributed by atoms with van der Waals surface area (Å²) in [7, 11) is -3.78. The van der Waals surface area contributed by atoms with Gasteiger partial charge in [-0.15, -0.1) is 0 Å². The third kappa shape index (κ3) is 6.40. The van der Waals surface area contributed by atoms with E-state index >= 15 is 0 Å². The summed E-state index contributed by atoms with van der Waals surface area (Å²) in [4.78, 5) is 54.9. The number of hydrogen-bond acceptors (Lipinski definition) is 6. The maximum Gasteiger partial charge on any atom is 0.259 e. The van der Waals surface area contributed by atoms with Gasteiger partial charge in [-0.3, -0.25) is 23.9 Å². The van der Waals surface area contributed by atoms with Gasteiger partial charge in [0, 0.05) is 12.5 Å². The Kier molecular flexibility index (Phi) is 8.30. The standard InChI is InChI=1S/C29H38N4O6S/c34-25(18-20-10-5-4-6-11-20)30-23-13-8-3-1-2-7-12-21-19-29(21,28(37)32-40(38,39)22-15-16-22)31-26(35)24-14-9-17-33(24)27(23)36/h4-7,10-12,21-24H,1-3,8-9,13-19H2,(H,30,34)(H,31,35)(H,32,37)/b12-7-/t21-,23+,24?,29-/m1/s1. The van der Waals surface area contributed by atoms with Gasteiger partial charge in [0.1, 0.15) is 17.6 Å². The van der Waals surface area contributed by atoms with E-state index in [4.69, 9.17) is 0 Å². The first-order valence-electron chi connectivity index (χ1n) is 14.4. The van der Waals surface area contributed by atoms with Gasteiger partial charge < -0.3 is 15.5 Å². The molecule has 3 N–H and O–H groups in total. The fraction of sp³-hybridized carbons (Fsp3) is 0.586. The molecule has 2 aliphatic heterocycles. The van der Waals surface area contributed by atoms with Crippen LogP contribution in [0.5, 0.6) is 0 Å². The van der Waals surface area contributed by atoms with Crippen molar-refractivity contribution in [1.82, 2.24) is 20.3 Å². The number of nitrogens with one attached hydrogen (secondary N) is 3. The highest BCUT2D eigenvalue weighted by Gasteiger charge is 2.61. The number of fused-ring (bicyclic) bond motifs is 2. The summed E-state index contributed by atoms with van der Waals surface area (Å²) >= 11 is 0. The van der Waals surface area contributed by atoms with E-state index in [1.54, 1.807) is 0 Å². The normalized spacial score (nSPS) is 30.1. The minimum absolute atomic E-state index is 0.155. The van der Waals surface area contributed by atoms with E-state index < -0.39 is 44.7 Å². The molecule has 4 atom stereocenters. The predicted molar refractivity (Wildman–Crippen MR) is 148 cm³/mol. The molecular formula is C29H38N4O6S. The molecule has 2 saturated carbocycles. The fourth-order valence-electron chi connectivity index (χ4n) is 5.80. The summed E-state index contributed by atoms with van der Waals surface area (Å²) in [5.74, 6) is -2.04. The number of hydrogen-bond donors (Lipinski definition) is 3. The quantitative estimate of drug-likeness (QED) is 0.445. The molecule has 3 fully saturated rings. The van der Waals surface area contributed by atoms with Crippen molar-refractivity contribution in [3.05, 3.63) is 48.0 Å². The second-order valence-corrected chi connectivity index (χ2v) is 13.4. The molecule has 1 aromatic rings. The van der Waals surface area contributed by atoms with Crippen LogP contribution in [0.15, 0.2) is 42.5 Å². The molecule has 0 spiro atoms. The highest BCUT2D eigenvalue weighted by Crippen LogP contribution is 2.46. The Balaban J connectivity index is 1.33. The zero-order valence-electron chi connectivity index (χ0n) is 22.6. The van der Waals surface area contributed by atoms with Gasteiger partial charge in [0.2, 0.25) is 27.7 Å². The largest absolute Gasteiger partial charge is 0.344 e. The van der Waals surface area contributed by atoms with Crippen molar-refractivity contribution in [2.45, 2.75) is 93.5 Å². The van der Waals surface area contributed by atoms with Crippen LogP contribution in [0.2, 0.25) is 0 Å². The van der Waals surface area contributed by atoms with Crippen LogP contribution in [0.1, 0.15) is 69.8 Å². The Bertz CT molecular complexity index is 1280. The van der Waals surface area contributed by atoms with Crippen molar-refractivity contribution in [2.75, 3.05) is 6.54 Å². The van der Waals surface area contributed by atoms with Crippen LogP contribution in [-0.2, 0) is 35.6 Å². The van der Waals surface area contributed by atoms with Crippen molar-refractivity contribution < 1.29 is 27.6 Å². The van der Waals surface area contributed by atoms with Gasteiger partial charge in [0.05, 0.1) is 11.7 Å². The molecule has 2 aliphatic carbocycles. The Morgan fingerprint density at radius 3 is 2.52 bits per heavy atom. The Hall–Kier alpha value is -3.21. The van der Waals surface area contributed by atoms with Gasteiger partial charge in [-0.25, -0.2) is 8.42 Å². The van der Waals surface area contributed by atoms with Crippen LogP contribution in [-0.4, -0.2) is 66.4 Å². The van der Waals surface area contributed by atoms with E-state index in [0.717, 1.165) is 31.2 Å². The summed E-state index contributed by atoms with van der Waals surface area (Å²) in [6.07, 6.45) is 10.1. The zero-order chi connectivity index (χ0) is 28.3. The smallest absolute Gasteiger partial charge is 0.259 e. The molecule has 2 heterocycles. The van der Waals surface area contributed by atoms with Crippen LogP contribution in [0.25, 0.3) is 0 Å². The number of benzene rings is 1. The first kappa shape index (κ1) is 28.3. The lowest BCUT2D eigenvalue weighted by Gasteiger charge is -2.30. The summed E-state index contributed by atoms with van der Waals surface area (Å²) in [6.45, 7) is 0.376. The summed E-state index contributed by atoms with van der Waals surface area (Å²) in [5.41, 5.74) is -0.503. The van der Waals surface area contributed by atoms with Crippen molar-refractivity contribution in [1.29, 1.82) is 0 Å². The summed E-state index contributed by atoms with van der Waals surface area (Å²) in [5, 5.41) is 5.21. The second kappa shape index (κ2) is 11.7. The average molecular weight is 571 g/mol. The van der Waals surface area contributed by atoms with Gasteiger partial charge in [0.25, 0.3) is 5.91 Å². The molecule has 11 heteroatoms. The molecule has 5 rings (SSSR count). The van der Waals surface area contributed by atoms with Crippen LogP contribution >= 0.6 is 0 Å². The summed E-state index contributed by atoms with van der Waals surface area (Å²) in [6, 6.07) is 7.78. The fourth-order valence-corrected chi connectivity index (χ4v) is 7.17. The average Bonchev–Trinajstić information content (AvgIpc) is 3.84. The highest BCUT2D eigenvalue weighted by molar-refractivity contribution is 7.91. The number of rotatable bonds is 6. The zero-order valence-corrected chi connectivity index (χ0v) is 23.5. The van der Waals surface area contributed by atoms with Crippen LogP contribution < -0.4 is 15.4 Å². The first-order valence-corrected chi connectivity index (χ1v) is 15.9. The lowest BCUT2D eigenvalue weighted by Crippen LogP contribution is -2.58. The molecule has 1 aromatic carbocycles. The molecule has 0 radical (unpaired) electrons. The van der Waals surface area contributed by atoms with Gasteiger partial charge in [-0.1, -0.05) is 55.3 Å². The van der Waals surface area contributed by atoms with Gasteiger partial charge in [-0.05, 0) is 56.9 Å². The number of carbonyl (C=O) groups is 4. The van der Waals surface area contributed by atoms with Crippen molar-refractivity contribution in [2.24, 2.45) is 5.92 Å². The topological polar surface area (TPSA) is 142 Å². The minimum Gasteiger partial charge on any atom is -0.344 e. The third-order valence-electron chi connectivity index (χ3n) is 8.38. The van der Waals surface area contributed by atoms with Gasteiger partial charge in [0.15, 0.2) is 0 Å². The van der Waals surface area contributed by atoms with E-state index in [2.05, 4.69) is 15.4 Å². The molecule has 4 aliphatic rings. The molecular weight excluding hydrogens is 532 g/mol. The molecule has 1 saturated heterocycles. The number of allylic oxidation sites excluding steroid dienone is 1. The van der Waals surface area contributed by atoms with Crippen LogP contribution in [0.4, 0.5) is 0 Å². The van der Waals surface area contributed by atoms with E-state index in [-0.39, 0.29) is 24.2 Å². The molecule has 1 unspecified atom stereocenters. The third-order valence-corrected chi connectivity index (χ3v) is 10.2. The van der Waals surface area contributed by atoms with Crippen molar-refractivity contribution in [3.8, 4) is 0 Å². The van der Waals surface area contributed by atoms with Gasteiger partial charge in [-0.2, -0.15) is 0 Å². The summed E-state index contributed by atoms with van der Waals surface area (Å²) < 4.78 is 27.2. The van der Waals surface area contributed by atoms with E-state index in [1.165, 1.54) is 4.90 Å². The Labute approximate surface area is 235 Å². The van der Waals surface area contributed by atoms with Gasteiger partial charge >= 0.3 is 0 Å². The number of carbonyl (C=O) groups excluding carboxylic acids is 4. The highest BCUT2D eigenvalue weighted by atomic mass is 32.2. The first-order chi connectivity index (χ1) is 19.2. The SMILES string of the molecule is O=C(Cc1ccccc1)N[C@H]1CCCCC/C=C\[C@@H]2C[C@@]2(C(=O)NS(=O)(=O)C2CC2)NC(=O)C2CCCN2C1=O. The number of nitrogens with zero attached hydrogens (tertiary/aromatic N) is 1. The van der Waals surface area contributed by atoms with Crippen molar-refractivity contribution >= 4 is 33.7 Å². The van der Waals surface area contributed by atoms with E-state index in [1.807, 2.05) is 42.5 Å². The van der Waals surface area contributed by atoms with Crippen LogP contribution in [0, 0.1) is 5.92 Å². The molecule has 40 heavy (non-hydrogen) atoms. The van der Waals surface area contributed by atoms with Crippen molar-refractivity contribution in [3.63, 3.8) is 0 Å². The maximum absolute atomic E-state index is 13.7. The van der Waals surface area contributed by atoms with E-state index in [9.17, 15) is 27.6 Å². The predicted octanol–water partition coefficient (Wildman–Crippen LogP) is 1.71. The lowest BCUT2D eigenvalue weighted by molar-refractivity contribution is -0.142. The number of amides is 4. The van der Waals surface area contributed by atoms with E-state index in [0.29, 0.717) is 45.1 Å². The lowest BCUT2D eigenvalue weighted by atomic mass is 10.0. The maximum atomic E-state index is 13.7. The van der Waals surface area contributed by atoms with Crippen LogP contribution in [0.3, 0.4) is 0 Å². The Morgan fingerprint density at radius 1 is 1.00 bits per heavy atom. The number of sulfonamides is 1. The molecule has 0 bridgehead atoms. The minimum atomic E-state index is -3.78. The molecule has 216 valence electrons. The molecule has 4 amide bonds. The Morgan fingerprint density at radius 2 is 1.77 bits per heavy atom.